The summed E-state index contributed by atoms with van der Waals surface area (Å²) in [5, 5.41) is 4.99. The molecular weight excluding hydrogens is 214 g/mol. The fourth-order valence-electron chi connectivity index (χ4n) is 1.96. The summed E-state index contributed by atoms with van der Waals surface area (Å²) < 4.78 is 0. The molecule has 0 bridgehead atoms. The maximum absolute atomic E-state index is 11.7. The Morgan fingerprint density at radius 3 is 2.53 bits per heavy atom. The number of nitrogens with one attached hydrogen (secondary N) is 2. The number of amides is 1. The van der Waals surface area contributed by atoms with Crippen LogP contribution in [0, 0.1) is 0 Å². The molecule has 0 saturated carbocycles. The Hall–Kier alpha value is -1.39. The zero-order valence-electron chi connectivity index (χ0n) is 9.98. The molecule has 4 nitrogen and oxygen atoms in total. The zero-order valence-corrected chi connectivity index (χ0v) is 9.98. The van der Waals surface area contributed by atoms with Crippen molar-refractivity contribution in [3.63, 3.8) is 0 Å². The van der Waals surface area contributed by atoms with Crippen molar-refractivity contribution in [3.05, 3.63) is 30.3 Å². The van der Waals surface area contributed by atoms with Crippen LogP contribution in [-0.2, 0) is 4.79 Å². The SMILES string of the molecule is O=C(CNN1CCCCC1)Nc1ccccc1. The predicted octanol–water partition coefficient (Wildman–Crippen LogP) is 1.62. The highest BCUT2D eigenvalue weighted by molar-refractivity contribution is 5.92. The van der Waals surface area contributed by atoms with Crippen LogP contribution >= 0.6 is 0 Å². The van der Waals surface area contributed by atoms with Gasteiger partial charge in [-0.1, -0.05) is 24.6 Å². The lowest BCUT2D eigenvalue weighted by Crippen LogP contribution is -2.45. The standard InChI is InChI=1S/C13H19N3O/c17-13(15-12-7-3-1-4-8-12)11-14-16-9-5-2-6-10-16/h1,3-4,7-8,14H,2,5-6,9-11H2,(H,15,17). The van der Waals surface area contributed by atoms with Gasteiger partial charge >= 0.3 is 0 Å². The highest BCUT2D eigenvalue weighted by Gasteiger charge is 2.10. The fourth-order valence-corrected chi connectivity index (χ4v) is 1.96. The van der Waals surface area contributed by atoms with Gasteiger partial charge in [0.2, 0.25) is 5.91 Å². The van der Waals surface area contributed by atoms with Crippen molar-refractivity contribution >= 4 is 11.6 Å². The molecule has 0 aliphatic carbocycles. The van der Waals surface area contributed by atoms with Gasteiger partial charge in [-0.05, 0) is 25.0 Å². The Balaban J connectivity index is 1.70. The van der Waals surface area contributed by atoms with Gasteiger partial charge in [-0.3, -0.25) is 4.79 Å². The van der Waals surface area contributed by atoms with Crippen molar-refractivity contribution in [2.45, 2.75) is 19.3 Å². The van der Waals surface area contributed by atoms with Gasteiger partial charge in [0.1, 0.15) is 0 Å². The fraction of sp³-hybridized carbons (Fsp3) is 0.462. The first-order valence-electron chi connectivity index (χ1n) is 6.18. The molecule has 1 aromatic rings. The Morgan fingerprint density at radius 2 is 1.82 bits per heavy atom. The molecule has 1 heterocycles. The number of carbonyl (C=O) groups is 1. The molecule has 2 rings (SSSR count). The van der Waals surface area contributed by atoms with Crippen molar-refractivity contribution in [3.8, 4) is 0 Å². The summed E-state index contributed by atoms with van der Waals surface area (Å²) in [6.07, 6.45) is 3.73. The molecule has 92 valence electrons. The summed E-state index contributed by atoms with van der Waals surface area (Å²) in [5.41, 5.74) is 4.01. The van der Waals surface area contributed by atoms with Gasteiger partial charge in [0.15, 0.2) is 0 Å². The van der Waals surface area contributed by atoms with Crippen LogP contribution in [0.15, 0.2) is 30.3 Å². The van der Waals surface area contributed by atoms with E-state index < -0.39 is 0 Å². The second-order valence-electron chi connectivity index (χ2n) is 4.30. The number of anilines is 1. The summed E-state index contributed by atoms with van der Waals surface area (Å²) in [5.74, 6) is 0.00164. The molecule has 1 aromatic carbocycles. The Labute approximate surface area is 102 Å². The third-order valence-corrected chi connectivity index (χ3v) is 2.88. The highest BCUT2D eigenvalue weighted by Crippen LogP contribution is 2.06. The van der Waals surface area contributed by atoms with E-state index in [4.69, 9.17) is 0 Å². The van der Waals surface area contributed by atoms with E-state index in [1.807, 2.05) is 30.3 Å². The first kappa shape index (κ1) is 12.1. The molecule has 1 amide bonds. The zero-order chi connectivity index (χ0) is 11.9. The van der Waals surface area contributed by atoms with E-state index in [1.54, 1.807) is 0 Å². The second kappa shape index (κ2) is 6.37. The second-order valence-corrected chi connectivity index (χ2v) is 4.30. The Morgan fingerprint density at radius 1 is 1.12 bits per heavy atom. The van der Waals surface area contributed by atoms with Gasteiger partial charge in [-0.15, -0.1) is 0 Å². The topological polar surface area (TPSA) is 44.4 Å². The molecule has 0 spiro atoms. The molecule has 0 radical (unpaired) electrons. The number of carbonyl (C=O) groups excluding carboxylic acids is 1. The molecular formula is C13H19N3O. The van der Waals surface area contributed by atoms with Crippen LogP contribution in [0.1, 0.15) is 19.3 Å². The summed E-state index contributed by atoms with van der Waals surface area (Å²) in [4.78, 5) is 11.7. The molecule has 4 heteroatoms. The lowest BCUT2D eigenvalue weighted by Gasteiger charge is -2.26. The summed E-state index contributed by atoms with van der Waals surface area (Å²) >= 11 is 0. The first-order chi connectivity index (χ1) is 8.34. The van der Waals surface area contributed by atoms with E-state index in [0.29, 0.717) is 6.54 Å². The first-order valence-corrected chi connectivity index (χ1v) is 6.18. The molecule has 1 fully saturated rings. The van der Waals surface area contributed by atoms with Gasteiger partial charge in [0.05, 0.1) is 6.54 Å². The van der Waals surface area contributed by atoms with E-state index in [1.165, 1.54) is 19.3 Å². The highest BCUT2D eigenvalue weighted by atomic mass is 16.2. The van der Waals surface area contributed by atoms with Crippen LogP contribution in [0.2, 0.25) is 0 Å². The van der Waals surface area contributed by atoms with Crippen LogP contribution in [0.4, 0.5) is 5.69 Å². The average Bonchev–Trinajstić information content (AvgIpc) is 2.39. The van der Waals surface area contributed by atoms with Crippen LogP contribution < -0.4 is 10.7 Å². The van der Waals surface area contributed by atoms with E-state index >= 15 is 0 Å². The van der Waals surface area contributed by atoms with Crippen LogP contribution in [0.25, 0.3) is 0 Å². The monoisotopic (exact) mass is 233 g/mol. The molecule has 0 aromatic heterocycles. The molecule has 1 aliphatic heterocycles. The van der Waals surface area contributed by atoms with Crippen LogP contribution in [0.5, 0.6) is 0 Å². The van der Waals surface area contributed by atoms with Crippen LogP contribution in [0.3, 0.4) is 0 Å². The van der Waals surface area contributed by atoms with Crippen molar-refractivity contribution < 1.29 is 4.79 Å². The largest absolute Gasteiger partial charge is 0.325 e. The number of piperidine rings is 1. The number of hydrogen-bond acceptors (Lipinski definition) is 3. The number of hydrogen-bond donors (Lipinski definition) is 2. The molecule has 17 heavy (non-hydrogen) atoms. The van der Waals surface area contributed by atoms with Crippen molar-refractivity contribution in [1.82, 2.24) is 10.4 Å². The number of para-hydroxylation sites is 1. The number of rotatable bonds is 4. The molecule has 1 saturated heterocycles. The van der Waals surface area contributed by atoms with Gasteiger partial charge in [-0.2, -0.15) is 0 Å². The van der Waals surface area contributed by atoms with Crippen molar-refractivity contribution in [2.75, 3.05) is 25.0 Å². The van der Waals surface area contributed by atoms with E-state index in [9.17, 15) is 4.79 Å². The maximum atomic E-state index is 11.7. The van der Waals surface area contributed by atoms with Crippen molar-refractivity contribution in [1.29, 1.82) is 0 Å². The van der Waals surface area contributed by atoms with Gasteiger partial charge < -0.3 is 5.32 Å². The maximum Gasteiger partial charge on any atom is 0.239 e. The smallest absolute Gasteiger partial charge is 0.239 e. The van der Waals surface area contributed by atoms with Gasteiger partial charge in [0, 0.05) is 18.8 Å². The Bertz CT molecular complexity index is 347. The van der Waals surface area contributed by atoms with E-state index in [0.717, 1.165) is 18.8 Å². The van der Waals surface area contributed by atoms with E-state index in [2.05, 4.69) is 15.8 Å². The number of nitrogens with zero attached hydrogens (tertiary/aromatic N) is 1. The van der Waals surface area contributed by atoms with Crippen molar-refractivity contribution in [2.24, 2.45) is 0 Å². The normalized spacial score (nSPS) is 16.7. The molecule has 0 atom stereocenters. The summed E-state index contributed by atoms with van der Waals surface area (Å²) in [6.45, 7) is 2.42. The van der Waals surface area contributed by atoms with Gasteiger partial charge in [-0.25, -0.2) is 10.4 Å². The third kappa shape index (κ3) is 4.17. The lowest BCUT2D eigenvalue weighted by molar-refractivity contribution is -0.116. The minimum Gasteiger partial charge on any atom is -0.325 e. The average molecular weight is 233 g/mol. The number of hydrazine groups is 1. The summed E-state index contributed by atoms with van der Waals surface area (Å²) in [6, 6.07) is 9.53. The predicted molar refractivity (Wildman–Crippen MR) is 68.5 cm³/mol. The summed E-state index contributed by atoms with van der Waals surface area (Å²) in [7, 11) is 0. The molecule has 2 N–H and O–H groups in total. The third-order valence-electron chi connectivity index (χ3n) is 2.88. The minimum atomic E-state index is 0.00164. The lowest BCUT2D eigenvalue weighted by atomic mass is 10.2. The minimum absolute atomic E-state index is 0.00164. The molecule has 1 aliphatic rings. The quantitative estimate of drug-likeness (QED) is 0.830. The Kier molecular flexibility index (Phi) is 4.53. The van der Waals surface area contributed by atoms with E-state index in [-0.39, 0.29) is 5.91 Å². The molecule has 0 unspecified atom stereocenters. The van der Waals surface area contributed by atoms with Crippen LogP contribution in [-0.4, -0.2) is 30.6 Å². The van der Waals surface area contributed by atoms with Gasteiger partial charge in [0.25, 0.3) is 0 Å². The number of benzene rings is 1.